The molecule has 4 N–H and O–H groups in total. The number of carboxylic acids is 1. The molecule has 0 saturated carbocycles. The van der Waals surface area contributed by atoms with Crippen molar-refractivity contribution in [1.82, 2.24) is 5.32 Å². The minimum Gasteiger partial charge on any atom is -0.480 e. The number of carbonyl (C=O) groups is 4. The molecule has 0 spiro atoms. The molecule has 12 nitrogen and oxygen atoms in total. The minimum absolute atomic E-state index is 0.00540. The number of aliphatic carboxylic acids is 1. The number of hydrogen-bond donors (Lipinski definition) is 3. The van der Waals surface area contributed by atoms with Gasteiger partial charge in [-0.1, -0.05) is 42.5 Å². The van der Waals surface area contributed by atoms with Crippen LogP contribution in [0, 0.1) is 11.3 Å². The van der Waals surface area contributed by atoms with Crippen LogP contribution in [0.5, 0.6) is 0 Å². The summed E-state index contributed by atoms with van der Waals surface area (Å²) in [4.78, 5) is 51.5. The molecule has 1 aliphatic rings. The van der Waals surface area contributed by atoms with Crippen molar-refractivity contribution in [1.29, 1.82) is 5.26 Å². The molecule has 12 heteroatoms. The molecule has 2 aromatic carbocycles. The van der Waals surface area contributed by atoms with Gasteiger partial charge in [-0.3, -0.25) is 4.90 Å². The highest BCUT2D eigenvalue weighted by Crippen LogP contribution is 2.43. The number of hydrogen-bond acceptors (Lipinski definition) is 10. The molecule has 1 heterocycles. The van der Waals surface area contributed by atoms with Gasteiger partial charge in [0.25, 0.3) is 0 Å². The van der Waals surface area contributed by atoms with Gasteiger partial charge in [0.15, 0.2) is 0 Å². The van der Waals surface area contributed by atoms with E-state index in [1.807, 2.05) is 0 Å². The van der Waals surface area contributed by atoms with Crippen LogP contribution in [0.15, 0.2) is 77.3 Å². The van der Waals surface area contributed by atoms with Gasteiger partial charge < -0.3 is 30.4 Å². The summed E-state index contributed by atoms with van der Waals surface area (Å²) < 4.78 is 15.2. The van der Waals surface area contributed by atoms with Crippen LogP contribution in [-0.2, 0) is 35.0 Å². The molecule has 220 valence electrons. The van der Waals surface area contributed by atoms with Crippen molar-refractivity contribution in [3.8, 4) is 6.07 Å². The standard InChI is InChI=1S/C30H32N4O8/c1-30(2,3)42-29(39)33-21(26(35)36)15-17-11-13-19(14-12-17)34-24(28(38)41-5)23(27(37)40-4)22(20(16-31)25(34)32)18-9-7-6-8-10-18/h6-14,21-22H,15,32H2,1-5H3,(H,33,39)(H,35,36). The van der Waals surface area contributed by atoms with Gasteiger partial charge in [-0.2, -0.15) is 5.26 Å². The number of methoxy groups -OCH3 is 2. The van der Waals surface area contributed by atoms with E-state index in [2.05, 4.69) is 11.4 Å². The Labute approximate surface area is 242 Å². The summed E-state index contributed by atoms with van der Waals surface area (Å²) in [7, 11) is 2.30. The fourth-order valence-corrected chi connectivity index (χ4v) is 4.45. The quantitative estimate of drug-likeness (QED) is 0.310. The predicted octanol–water partition coefficient (Wildman–Crippen LogP) is 3.10. The van der Waals surface area contributed by atoms with E-state index in [0.29, 0.717) is 11.1 Å². The lowest BCUT2D eigenvalue weighted by Crippen LogP contribution is -2.44. The molecule has 0 radical (unpaired) electrons. The van der Waals surface area contributed by atoms with Crippen LogP contribution in [0.25, 0.3) is 0 Å². The molecule has 2 atom stereocenters. The number of anilines is 1. The number of amides is 1. The number of benzene rings is 2. The third-order valence-electron chi connectivity index (χ3n) is 6.23. The molecule has 1 amide bonds. The van der Waals surface area contributed by atoms with Crippen molar-refractivity contribution >= 4 is 29.7 Å². The van der Waals surface area contributed by atoms with E-state index in [9.17, 15) is 29.5 Å². The fraction of sp³-hybridized carbons (Fsp3) is 0.300. The third kappa shape index (κ3) is 6.87. The number of rotatable bonds is 8. The second kappa shape index (κ2) is 12.9. The van der Waals surface area contributed by atoms with E-state index in [0.717, 1.165) is 14.2 Å². The maximum atomic E-state index is 13.2. The average molecular weight is 577 g/mol. The lowest BCUT2D eigenvalue weighted by atomic mass is 9.81. The summed E-state index contributed by atoms with van der Waals surface area (Å²) >= 11 is 0. The number of allylic oxidation sites excluding steroid dienone is 1. The van der Waals surface area contributed by atoms with E-state index in [1.165, 1.54) is 17.0 Å². The van der Waals surface area contributed by atoms with Gasteiger partial charge >= 0.3 is 24.0 Å². The van der Waals surface area contributed by atoms with Crippen LogP contribution in [0.3, 0.4) is 0 Å². The monoisotopic (exact) mass is 576 g/mol. The van der Waals surface area contributed by atoms with Crippen molar-refractivity contribution in [2.75, 3.05) is 19.1 Å². The lowest BCUT2D eigenvalue weighted by Gasteiger charge is -2.36. The van der Waals surface area contributed by atoms with Gasteiger partial charge in [0.1, 0.15) is 23.2 Å². The molecule has 0 saturated heterocycles. The maximum absolute atomic E-state index is 13.2. The summed E-state index contributed by atoms with van der Waals surface area (Å²) in [6.45, 7) is 4.97. The minimum atomic E-state index is -1.29. The second-order valence-corrected chi connectivity index (χ2v) is 10.2. The summed E-state index contributed by atoms with van der Waals surface area (Å²) in [5, 5.41) is 22.1. The lowest BCUT2D eigenvalue weighted by molar-refractivity contribution is -0.139. The van der Waals surface area contributed by atoms with Gasteiger partial charge in [0, 0.05) is 12.1 Å². The highest BCUT2D eigenvalue weighted by Gasteiger charge is 2.43. The zero-order chi connectivity index (χ0) is 31.2. The van der Waals surface area contributed by atoms with Gasteiger partial charge in [0.05, 0.1) is 37.4 Å². The number of nitriles is 1. The Morgan fingerprint density at radius 3 is 2.12 bits per heavy atom. The molecule has 0 fully saturated rings. The predicted molar refractivity (Wildman–Crippen MR) is 150 cm³/mol. The zero-order valence-electron chi connectivity index (χ0n) is 23.8. The van der Waals surface area contributed by atoms with E-state index in [1.54, 1.807) is 63.2 Å². The number of alkyl carbamates (subject to hydrolysis) is 1. The zero-order valence-corrected chi connectivity index (χ0v) is 23.8. The van der Waals surface area contributed by atoms with Crippen LogP contribution in [-0.4, -0.2) is 55.0 Å². The summed E-state index contributed by atoms with van der Waals surface area (Å²) in [5.74, 6) is -4.14. The van der Waals surface area contributed by atoms with Crippen LogP contribution >= 0.6 is 0 Å². The molecule has 42 heavy (non-hydrogen) atoms. The molecule has 2 unspecified atom stereocenters. The number of nitrogens with zero attached hydrogens (tertiary/aromatic N) is 2. The van der Waals surface area contributed by atoms with Crippen molar-refractivity contribution in [3.05, 3.63) is 88.4 Å². The van der Waals surface area contributed by atoms with E-state index in [-0.39, 0.29) is 34.8 Å². The molecular formula is C30H32N4O8. The first-order valence-corrected chi connectivity index (χ1v) is 12.8. The first-order valence-electron chi connectivity index (χ1n) is 12.8. The molecule has 3 rings (SSSR count). The van der Waals surface area contributed by atoms with Gasteiger partial charge in [-0.15, -0.1) is 0 Å². The Balaban J connectivity index is 2.08. The van der Waals surface area contributed by atoms with Gasteiger partial charge in [-0.25, -0.2) is 19.2 Å². The van der Waals surface area contributed by atoms with Crippen molar-refractivity contribution in [2.24, 2.45) is 5.73 Å². The number of nitrogens with one attached hydrogen (secondary N) is 1. The van der Waals surface area contributed by atoms with Crippen molar-refractivity contribution in [2.45, 2.75) is 44.8 Å². The smallest absolute Gasteiger partial charge is 0.408 e. The first kappa shape index (κ1) is 31.2. The largest absolute Gasteiger partial charge is 0.480 e. The summed E-state index contributed by atoms with van der Waals surface area (Å²) in [6.07, 6.45) is -0.967. The van der Waals surface area contributed by atoms with Crippen LogP contribution < -0.4 is 16.0 Å². The SMILES string of the molecule is COC(=O)C1=C(C(=O)OC)N(c2ccc(CC(NC(=O)OC(C)(C)C)C(=O)O)cc2)C(N)=C(C#N)C1c1ccccc1. The van der Waals surface area contributed by atoms with Crippen molar-refractivity contribution < 1.29 is 38.5 Å². The Hall–Kier alpha value is -5.31. The Morgan fingerprint density at radius 2 is 1.62 bits per heavy atom. The summed E-state index contributed by atoms with van der Waals surface area (Å²) in [5.41, 5.74) is 6.64. The molecule has 0 bridgehead atoms. The molecule has 0 aromatic heterocycles. The average Bonchev–Trinajstić information content (AvgIpc) is 2.95. The van der Waals surface area contributed by atoms with Crippen LogP contribution in [0.1, 0.15) is 37.8 Å². The van der Waals surface area contributed by atoms with Gasteiger partial charge in [0.2, 0.25) is 0 Å². The van der Waals surface area contributed by atoms with E-state index >= 15 is 0 Å². The number of ether oxygens (including phenoxy) is 3. The highest BCUT2D eigenvalue weighted by atomic mass is 16.6. The Bertz CT molecular complexity index is 1470. The summed E-state index contributed by atoms with van der Waals surface area (Å²) in [6, 6.07) is 15.6. The third-order valence-corrected chi connectivity index (χ3v) is 6.23. The maximum Gasteiger partial charge on any atom is 0.408 e. The number of carboxylic acid groups (broad SMARTS) is 1. The van der Waals surface area contributed by atoms with Crippen molar-refractivity contribution in [3.63, 3.8) is 0 Å². The molecular weight excluding hydrogens is 544 g/mol. The number of nitrogens with two attached hydrogens (primary N) is 1. The first-order chi connectivity index (χ1) is 19.8. The topological polar surface area (TPSA) is 181 Å². The molecule has 0 aliphatic carbocycles. The highest BCUT2D eigenvalue weighted by molar-refractivity contribution is 6.06. The number of carbonyl (C=O) groups excluding carboxylic acids is 3. The number of esters is 2. The fourth-order valence-electron chi connectivity index (χ4n) is 4.45. The molecule has 1 aliphatic heterocycles. The van der Waals surface area contributed by atoms with Crippen LogP contribution in [0.2, 0.25) is 0 Å². The van der Waals surface area contributed by atoms with Crippen LogP contribution in [0.4, 0.5) is 10.5 Å². The Morgan fingerprint density at radius 1 is 1.02 bits per heavy atom. The second-order valence-electron chi connectivity index (χ2n) is 10.2. The van der Waals surface area contributed by atoms with Gasteiger partial charge in [-0.05, 0) is 44.0 Å². The normalized spacial score (nSPS) is 15.8. The van der Waals surface area contributed by atoms with E-state index in [4.69, 9.17) is 19.9 Å². The molecule has 2 aromatic rings. The van der Waals surface area contributed by atoms with E-state index < -0.39 is 41.6 Å². The Kier molecular flexibility index (Phi) is 9.59.